The van der Waals surface area contributed by atoms with Crippen molar-refractivity contribution in [2.24, 2.45) is 0 Å². The number of fused-ring (bicyclic) bond motifs is 1. The standard InChI is InChI=1S/C12H17NO/c1-8-4-3-5-10-11(14)6-9(7-13-2)12(8)10/h3-5,9,11,13-14H,6-7H2,1-2H3. The fraction of sp³-hybridized carbons (Fsp3) is 0.500. The minimum Gasteiger partial charge on any atom is -0.388 e. The molecule has 0 aromatic heterocycles. The minimum absolute atomic E-state index is 0.261. The Hall–Kier alpha value is -0.860. The Morgan fingerprint density at radius 1 is 1.50 bits per heavy atom. The van der Waals surface area contributed by atoms with E-state index >= 15 is 0 Å². The van der Waals surface area contributed by atoms with Crippen molar-refractivity contribution in [3.8, 4) is 0 Å². The van der Waals surface area contributed by atoms with Crippen LogP contribution >= 0.6 is 0 Å². The van der Waals surface area contributed by atoms with Gasteiger partial charge in [-0.1, -0.05) is 18.2 Å². The molecule has 2 rings (SSSR count). The molecule has 2 unspecified atom stereocenters. The van der Waals surface area contributed by atoms with E-state index in [-0.39, 0.29) is 6.10 Å². The SMILES string of the molecule is CNCC1CC(O)c2cccc(C)c21. The maximum atomic E-state index is 9.88. The predicted octanol–water partition coefficient (Wildman–Crippen LogP) is 1.74. The third-order valence-corrected chi connectivity index (χ3v) is 3.08. The Kier molecular flexibility index (Phi) is 2.57. The van der Waals surface area contributed by atoms with Crippen molar-refractivity contribution in [3.63, 3.8) is 0 Å². The first-order chi connectivity index (χ1) is 6.74. The average Bonchev–Trinajstić information content (AvgIpc) is 2.46. The van der Waals surface area contributed by atoms with Gasteiger partial charge >= 0.3 is 0 Å². The molecule has 2 heteroatoms. The predicted molar refractivity (Wildman–Crippen MR) is 57.4 cm³/mol. The first kappa shape index (κ1) is 9.69. The highest BCUT2D eigenvalue weighted by atomic mass is 16.3. The normalized spacial score (nSPS) is 25.1. The summed E-state index contributed by atoms with van der Waals surface area (Å²) < 4.78 is 0. The second-order valence-corrected chi connectivity index (χ2v) is 4.08. The van der Waals surface area contributed by atoms with E-state index in [2.05, 4.69) is 18.3 Å². The Labute approximate surface area is 85.0 Å². The lowest BCUT2D eigenvalue weighted by molar-refractivity contribution is 0.173. The zero-order chi connectivity index (χ0) is 10.1. The number of hydrogen-bond acceptors (Lipinski definition) is 2. The summed E-state index contributed by atoms with van der Waals surface area (Å²) in [6.07, 6.45) is 0.601. The smallest absolute Gasteiger partial charge is 0.0799 e. The van der Waals surface area contributed by atoms with E-state index in [4.69, 9.17) is 0 Å². The van der Waals surface area contributed by atoms with Crippen molar-refractivity contribution in [3.05, 3.63) is 34.9 Å². The van der Waals surface area contributed by atoms with Crippen molar-refractivity contribution < 1.29 is 5.11 Å². The van der Waals surface area contributed by atoms with Gasteiger partial charge in [-0.15, -0.1) is 0 Å². The molecule has 0 fully saturated rings. The van der Waals surface area contributed by atoms with Gasteiger partial charge in [-0.3, -0.25) is 0 Å². The summed E-state index contributed by atoms with van der Waals surface area (Å²) in [6, 6.07) is 6.20. The van der Waals surface area contributed by atoms with Crippen molar-refractivity contribution in [2.75, 3.05) is 13.6 Å². The summed E-state index contributed by atoms with van der Waals surface area (Å²) in [5, 5.41) is 13.1. The lowest BCUT2D eigenvalue weighted by Crippen LogP contribution is -2.15. The number of hydrogen-bond donors (Lipinski definition) is 2. The molecule has 1 aromatic carbocycles. The monoisotopic (exact) mass is 191 g/mol. The van der Waals surface area contributed by atoms with Crippen LogP contribution in [0.15, 0.2) is 18.2 Å². The zero-order valence-corrected chi connectivity index (χ0v) is 8.75. The van der Waals surface area contributed by atoms with Crippen LogP contribution in [0.3, 0.4) is 0 Å². The topological polar surface area (TPSA) is 32.3 Å². The maximum Gasteiger partial charge on any atom is 0.0799 e. The van der Waals surface area contributed by atoms with Crippen LogP contribution in [0.25, 0.3) is 0 Å². The van der Waals surface area contributed by atoms with Gasteiger partial charge in [0.15, 0.2) is 0 Å². The zero-order valence-electron chi connectivity index (χ0n) is 8.75. The van der Waals surface area contributed by atoms with E-state index in [1.807, 2.05) is 19.2 Å². The van der Waals surface area contributed by atoms with Crippen LogP contribution in [0.2, 0.25) is 0 Å². The van der Waals surface area contributed by atoms with Gasteiger partial charge in [-0.25, -0.2) is 0 Å². The lowest BCUT2D eigenvalue weighted by Gasteiger charge is -2.12. The number of likely N-dealkylation sites (N-methyl/N-ethyl adjacent to an activating group) is 1. The molecule has 0 heterocycles. The average molecular weight is 191 g/mol. The van der Waals surface area contributed by atoms with Crippen LogP contribution in [0.1, 0.15) is 35.1 Å². The lowest BCUT2D eigenvalue weighted by atomic mass is 9.96. The second kappa shape index (κ2) is 3.71. The fourth-order valence-corrected chi connectivity index (χ4v) is 2.50. The number of rotatable bonds is 2. The Balaban J connectivity index is 2.40. The molecule has 1 aliphatic rings. The third kappa shape index (κ3) is 1.45. The number of aliphatic hydroxyl groups is 1. The van der Waals surface area contributed by atoms with Crippen LogP contribution in [-0.2, 0) is 0 Å². The number of benzene rings is 1. The van der Waals surface area contributed by atoms with Gasteiger partial charge in [0.2, 0.25) is 0 Å². The molecule has 0 spiro atoms. The Morgan fingerprint density at radius 2 is 2.29 bits per heavy atom. The molecular weight excluding hydrogens is 174 g/mol. The van der Waals surface area contributed by atoms with Crippen LogP contribution in [-0.4, -0.2) is 18.7 Å². The molecule has 1 aliphatic carbocycles. The van der Waals surface area contributed by atoms with Crippen LogP contribution < -0.4 is 5.32 Å². The molecule has 0 amide bonds. The highest BCUT2D eigenvalue weighted by Crippen LogP contribution is 2.41. The molecule has 2 nitrogen and oxygen atoms in total. The molecule has 2 atom stereocenters. The first-order valence-electron chi connectivity index (χ1n) is 5.16. The van der Waals surface area contributed by atoms with Gasteiger partial charge in [0.25, 0.3) is 0 Å². The highest BCUT2D eigenvalue weighted by Gasteiger charge is 2.29. The van der Waals surface area contributed by atoms with Crippen molar-refractivity contribution in [1.29, 1.82) is 0 Å². The van der Waals surface area contributed by atoms with E-state index in [9.17, 15) is 5.11 Å². The van der Waals surface area contributed by atoms with Crippen LogP contribution in [0.5, 0.6) is 0 Å². The summed E-state index contributed by atoms with van der Waals surface area (Å²) in [5.74, 6) is 0.478. The Bertz CT molecular complexity index is 335. The summed E-state index contributed by atoms with van der Waals surface area (Å²) in [6.45, 7) is 3.08. The van der Waals surface area contributed by atoms with E-state index in [1.54, 1.807) is 0 Å². The van der Waals surface area contributed by atoms with E-state index in [1.165, 1.54) is 11.1 Å². The number of aryl methyl sites for hydroxylation is 1. The van der Waals surface area contributed by atoms with E-state index in [0.29, 0.717) is 5.92 Å². The third-order valence-electron chi connectivity index (χ3n) is 3.08. The van der Waals surface area contributed by atoms with E-state index < -0.39 is 0 Å². The summed E-state index contributed by atoms with van der Waals surface area (Å²) in [7, 11) is 1.96. The van der Waals surface area contributed by atoms with Gasteiger partial charge in [0.05, 0.1) is 6.10 Å². The number of nitrogens with one attached hydrogen (secondary N) is 1. The molecule has 0 saturated heterocycles. The fourth-order valence-electron chi connectivity index (χ4n) is 2.50. The maximum absolute atomic E-state index is 9.88. The molecule has 0 aliphatic heterocycles. The molecule has 2 N–H and O–H groups in total. The second-order valence-electron chi connectivity index (χ2n) is 4.08. The van der Waals surface area contributed by atoms with Gasteiger partial charge in [-0.2, -0.15) is 0 Å². The van der Waals surface area contributed by atoms with Crippen molar-refractivity contribution in [1.82, 2.24) is 5.32 Å². The molecule has 1 aromatic rings. The van der Waals surface area contributed by atoms with Crippen molar-refractivity contribution >= 4 is 0 Å². The molecule has 0 radical (unpaired) electrons. The van der Waals surface area contributed by atoms with Crippen molar-refractivity contribution in [2.45, 2.75) is 25.4 Å². The largest absolute Gasteiger partial charge is 0.388 e. The van der Waals surface area contributed by atoms with Crippen LogP contribution in [0, 0.1) is 6.92 Å². The molecular formula is C12H17NO. The van der Waals surface area contributed by atoms with Crippen LogP contribution in [0.4, 0.5) is 0 Å². The highest BCUT2D eigenvalue weighted by molar-refractivity contribution is 5.42. The van der Waals surface area contributed by atoms with Gasteiger partial charge in [0, 0.05) is 6.54 Å². The quantitative estimate of drug-likeness (QED) is 0.746. The molecule has 14 heavy (non-hydrogen) atoms. The molecule has 76 valence electrons. The van der Waals surface area contributed by atoms with E-state index in [0.717, 1.165) is 18.5 Å². The number of aliphatic hydroxyl groups excluding tert-OH is 1. The van der Waals surface area contributed by atoms with Gasteiger partial charge in [-0.05, 0) is 43.0 Å². The summed E-state index contributed by atoms with van der Waals surface area (Å²) >= 11 is 0. The van der Waals surface area contributed by atoms with Gasteiger partial charge in [0.1, 0.15) is 0 Å². The first-order valence-corrected chi connectivity index (χ1v) is 5.16. The Morgan fingerprint density at radius 3 is 3.00 bits per heavy atom. The minimum atomic E-state index is -0.261. The molecule has 0 saturated carbocycles. The molecule has 0 bridgehead atoms. The summed E-state index contributed by atoms with van der Waals surface area (Å²) in [5.41, 5.74) is 3.79. The van der Waals surface area contributed by atoms with Gasteiger partial charge < -0.3 is 10.4 Å². The summed E-state index contributed by atoms with van der Waals surface area (Å²) in [4.78, 5) is 0.